The van der Waals surface area contributed by atoms with E-state index in [9.17, 15) is 0 Å². The molecule has 0 fully saturated rings. The normalized spacial score (nSPS) is 11.8. The Labute approximate surface area is 125 Å². The van der Waals surface area contributed by atoms with Gasteiger partial charge in [0.1, 0.15) is 0 Å². The van der Waals surface area contributed by atoms with E-state index in [1.165, 1.54) is 51.4 Å². The molecular weight excluding hydrogens is 252 g/mol. The highest BCUT2D eigenvalue weighted by Crippen LogP contribution is 2.12. The van der Waals surface area contributed by atoms with Gasteiger partial charge in [0.25, 0.3) is 0 Å². The van der Waals surface area contributed by atoms with Crippen LogP contribution < -0.4 is 0 Å². The molecule has 3 nitrogen and oxygen atoms in total. The van der Waals surface area contributed by atoms with Crippen molar-refractivity contribution in [2.75, 3.05) is 20.8 Å². The van der Waals surface area contributed by atoms with Crippen LogP contribution in [0.5, 0.6) is 0 Å². The molecule has 0 bridgehead atoms. The van der Waals surface area contributed by atoms with Gasteiger partial charge >= 0.3 is 0 Å². The number of rotatable bonds is 15. The van der Waals surface area contributed by atoms with Crippen LogP contribution in [0.4, 0.5) is 0 Å². The van der Waals surface area contributed by atoms with Gasteiger partial charge in [0.05, 0.1) is 0 Å². The monoisotopic (exact) mass is 286 g/mol. The number of ether oxygens (including phenoxy) is 2. The molecule has 0 radical (unpaired) electrons. The minimum atomic E-state index is -0.0195. The number of aliphatic hydroxyl groups excluding tert-OH is 1. The molecule has 0 atom stereocenters. The van der Waals surface area contributed by atoms with Crippen LogP contribution in [0, 0.1) is 0 Å². The number of aliphatic hydroxyl groups is 1. The van der Waals surface area contributed by atoms with E-state index in [4.69, 9.17) is 14.6 Å². The lowest BCUT2D eigenvalue weighted by molar-refractivity contribution is -0.107. The highest BCUT2D eigenvalue weighted by Gasteiger charge is 2.03. The van der Waals surface area contributed by atoms with E-state index in [2.05, 4.69) is 12.2 Å². The van der Waals surface area contributed by atoms with Crippen molar-refractivity contribution in [3.05, 3.63) is 12.2 Å². The zero-order valence-corrected chi connectivity index (χ0v) is 13.5. The molecule has 0 spiro atoms. The largest absolute Gasteiger partial charge is 0.396 e. The van der Waals surface area contributed by atoms with E-state index in [0.29, 0.717) is 0 Å². The average molecular weight is 286 g/mol. The molecule has 0 unspecified atom stereocenters. The molecule has 0 aliphatic rings. The van der Waals surface area contributed by atoms with Crippen molar-refractivity contribution >= 4 is 0 Å². The lowest BCUT2D eigenvalue weighted by atomic mass is 10.1. The van der Waals surface area contributed by atoms with Crippen LogP contribution in [0.2, 0.25) is 0 Å². The van der Waals surface area contributed by atoms with Crippen LogP contribution in [0.25, 0.3) is 0 Å². The van der Waals surface area contributed by atoms with Crippen LogP contribution in [0.15, 0.2) is 12.2 Å². The van der Waals surface area contributed by atoms with Crippen molar-refractivity contribution in [3.63, 3.8) is 0 Å². The Kier molecular flexibility index (Phi) is 16.4. The summed E-state index contributed by atoms with van der Waals surface area (Å²) in [6, 6.07) is 0. The van der Waals surface area contributed by atoms with Crippen LogP contribution in [0.3, 0.4) is 0 Å². The Morgan fingerprint density at radius 2 is 1.25 bits per heavy atom. The molecule has 0 aromatic heterocycles. The maximum absolute atomic E-state index is 8.62. The first-order valence-corrected chi connectivity index (χ1v) is 8.16. The van der Waals surface area contributed by atoms with Gasteiger partial charge in [0.2, 0.25) is 0 Å². The first-order chi connectivity index (χ1) is 9.85. The molecular formula is C17H34O3. The van der Waals surface area contributed by atoms with Gasteiger partial charge in [-0.15, -0.1) is 0 Å². The van der Waals surface area contributed by atoms with Crippen molar-refractivity contribution in [3.8, 4) is 0 Å². The third-order valence-electron chi connectivity index (χ3n) is 3.55. The summed E-state index contributed by atoms with van der Waals surface area (Å²) in [5.74, 6) is 0. The predicted molar refractivity (Wildman–Crippen MR) is 84.8 cm³/mol. The minimum Gasteiger partial charge on any atom is -0.396 e. The van der Waals surface area contributed by atoms with Gasteiger partial charge in [0.15, 0.2) is 6.29 Å². The summed E-state index contributed by atoms with van der Waals surface area (Å²) in [5.41, 5.74) is 0. The topological polar surface area (TPSA) is 38.7 Å². The standard InChI is InChI=1S/C17H34O3/c1-19-17(20-2)15-13-11-9-7-5-3-4-6-8-10-12-14-16-18/h10,12,17-18H,3-9,11,13-16H2,1-2H3/b12-10-. The molecule has 0 amide bonds. The fourth-order valence-electron chi connectivity index (χ4n) is 2.28. The van der Waals surface area contributed by atoms with Gasteiger partial charge in [-0.25, -0.2) is 0 Å². The van der Waals surface area contributed by atoms with E-state index >= 15 is 0 Å². The van der Waals surface area contributed by atoms with Crippen LogP contribution in [-0.2, 0) is 9.47 Å². The quantitative estimate of drug-likeness (QED) is 0.275. The molecule has 0 aromatic rings. The highest BCUT2D eigenvalue weighted by atomic mass is 16.7. The highest BCUT2D eigenvalue weighted by molar-refractivity contribution is 4.80. The maximum Gasteiger partial charge on any atom is 0.156 e. The van der Waals surface area contributed by atoms with Gasteiger partial charge in [-0.2, -0.15) is 0 Å². The summed E-state index contributed by atoms with van der Waals surface area (Å²) in [4.78, 5) is 0. The van der Waals surface area contributed by atoms with Crippen molar-refractivity contribution in [1.29, 1.82) is 0 Å². The van der Waals surface area contributed by atoms with E-state index < -0.39 is 0 Å². The Morgan fingerprint density at radius 1 is 0.750 bits per heavy atom. The zero-order chi connectivity index (χ0) is 14.9. The second-order valence-corrected chi connectivity index (χ2v) is 5.29. The Bertz CT molecular complexity index is 200. The lowest BCUT2D eigenvalue weighted by Crippen LogP contribution is -2.12. The van der Waals surface area contributed by atoms with Crippen LogP contribution in [-0.4, -0.2) is 32.2 Å². The first-order valence-electron chi connectivity index (χ1n) is 8.16. The van der Waals surface area contributed by atoms with Gasteiger partial charge in [-0.3, -0.25) is 0 Å². The molecule has 0 aromatic carbocycles. The summed E-state index contributed by atoms with van der Waals surface area (Å²) in [7, 11) is 3.40. The van der Waals surface area contributed by atoms with E-state index in [1.54, 1.807) is 14.2 Å². The fraction of sp³-hybridized carbons (Fsp3) is 0.882. The van der Waals surface area contributed by atoms with Crippen LogP contribution in [0.1, 0.15) is 70.6 Å². The average Bonchev–Trinajstić information content (AvgIpc) is 2.48. The molecule has 3 heteroatoms. The molecule has 0 saturated heterocycles. The fourth-order valence-corrected chi connectivity index (χ4v) is 2.28. The third kappa shape index (κ3) is 14.0. The molecule has 0 heterocycles. The second kappa shape index (κ2) is 16.7. The summed E-state index contributed by atoms with van der Waals surface area (Å²) in [5, 5.41) is 8.62. The number of methoxy groups -OCH3 is 2. The van der Waals surface area contributed by atoms with Gasteiger partial charge in [-0.05, 0) is 32.1 Å². The molecule has 0 aliphatic heterocycles. The summed E-state index contributed by atoms with van der Waals surface area (Å²) >= 11 is 0. The lowest BCUT2D eigenvalue weighted by Gasteiger charge is -2.12. The van der Waals surface area contributed by atoms with Crippen LogP contribution >= 0.6 is 0 Å². The van der Waals surface area contributed by atoms with Crippen molar-refractivity contribution in [2.45, 2.75) is 76.9 Å². The Balaban J connectivity index is 3.09. The van der Waals surface area contributed by atoms with Crippen molar-refractivity contribution < 1.29 is 14.6 Å². The number of allylic oxidation sites excluding steroid dienone is 1. The molecule has 0 saturated carbocycles. The van der Waals surface area contributed by atoms with E-state index in [-0.39, 0.29) is 12.9 Å². The maximum atomic E-state index is 8.62. The Hall–Kier alpha value is -0.380. The number of hydrogen-bond donors (Lipinski definition) is 1. The molecule has 0 aliphatic carbocycles. The summed E-state index contributed by atoms with van der Waals surface area (Å²) < 4.78 is 10.3. The van der Waals surface area contributed by atoms with E-state index in [1.807, 2.05) is 0 Å². The summed E-state index contributed by atoms with van der Waals surface area (Å²) in [6.45, 7) is 0.270. The third-order valence-corrected chi connectivity index (χ3v) is 3.55. The molecule has 120 valence electrons. The predicted octanol–water partition coefficient (Wildman–Crippen LogP) is 4.44. The first kappa shape index (κ1) is 19.6. The van der Waals surface area contributed by atoms with Crippen molar-refractivity contribution in [1.82, 2.24) is 0 Å². The number of hydrogen-bond acceptors (Lipinski definition) is 3. The minimum absolute atomic E-state index is 0.0195. The molecule has 20 heavy (non-hydrogen) atoms. The zero-order valence-electron chi connectivity index (χ0n) is 13.5. The van der Waals surface area contributed by atoms with Crippen molar-refractivity contribution in [2.24, 2.45) is 0 Å². The number of unbranched alkanes of at least 4 members (excludes halogenated alkanes) is 8. The van der Waals surface area contributed by atoms with Gasteiger partial charge < -0.3 is 14.6 Å². The van der Waals surface area contributed by atoms with Gasteiger partial charge in [-0.1, -0.05) is 50.7 Å². The Morgan fingerprint density at radius 3 is 1.80 bits per heavy atom. The SMILES string of the molecule is COC(CCCCCCCCCC/C=C\CCO)OC. The molecule has 0 rings (SSSR count). The summed E-state index contributed by atoms with van der Waals surface area (Å²) in [6.07, 6.45) is 17.7. The molecule has 1 N–H and O–H groups in total. The van der Waals surface area contributed by atoms with Gasteiger partial charge in [0, 0.05) is 20.8 Å². The smallest absolute Gasteiger partial charge is 0.156 e. The van der Waals surface area contributed by atoms with E-state index in [0.717, 1.165) is 19.3 Å². The second-order valence-electron chi connectivity index (χ2n) is 5.29.